The Kier molecular flexibility index (Phi) is 4.23. The van der Waals surface area contributed by atoms with Gasteiger partial charge in [-0.2, -0.15) is 0 Å². The lowest BCUT2D eigenvalue weighted by atomic mass is 10.1. The zero-order valence-electron chi connectivity index (χ0n) is 12.4. The summed E-state index contributed by atoms with van der Waals surface area (Å²) in [7, 11) is 1.62. The van der Waals surface area contributed by atoms with Crippen LogP contribution < -0.4 is 14.8 Å². The molecule has 0 aliphatic carbocycles. The highest BCUT2D eigenvalue weighted by Crippen LogP contribution is 2.31. The Morgan fingerprint density at radius 3 is 2.91 bits per heavy atom. The molecule has 1 aliphatic heterocycles. The van der Waals surface area contributed by atoms with Crippen molar-refractivity contribution in [1.29, 1.82) is 0 Å². The van der Waals surface area contributed by atoms with Gasteiger partial charge < -0.3 is 14.8 Å². The highest BCUT2D eigenvalue weighted by molar-refractivity contribution is 5.94. The number of aromatic nitrogens is 1. The summed E-state index contributed by atoms with van der Waals surface area (Å²) in [5.41, 5.74) is 1.39. The number of carbonyl (C=O) groups is 1. The molecule has 2 aromatic rings. The van der Waals surface area contributed by atoms with Crippen LogP contribution in [0.2, 0.25) is 0 Å². The van der Waals surface area contributed by atoms with E-state index in [0.29, 0.717) is 18.6 Å². The Bertz CT molecular complexity index is 672. The van der Waals surface area contributed by atoms with Crippen LogP contribution in [0.5, 0.6) is 11.5 Å². The van der Waals surface area contributed by atoms with Crippen LogP contribution in [-0.2, 0) is 6.42 Å². The van der Waals surface area contributed by atoms with Crippen LogP contribution in [0.3, 0.4) is 0 Å². The summed E-state index contributed by atoms with van der Waals surface area (Å²) >= 11 is 0. The maximum absolute atomic E-state index is 11.8. The normalized spacial score (nSPS) is 16.1. The molecule has 1 amide bonds. The molecule has 0 fully saturated rings. The van der Waals surface area contributed by atoms with Crippen LogP contribution >= 0.6 is 0 Å². The Labute approximate surface area is 129 Å². The van der Waals surface area contributed by atoms with Crippen molar-refractivity contribution in [3.05, 3.63) is 53.9 Å². The SMILES string of the molecule is CNC(=O)c1cccnc1CC[C@@H]1COc2ccccc2O1. The summed E-state index contributed by atoms with van der Waals surface area (Å²) in [6.45, 7) is 0.513. The van der Waals surface area contributed by atoms with E-state index < -0.39 is 0 Å². The predicted octanol–water partition coefficient (Wildman–Crippen LogP) is 2.21. The van der Waals surface area contributed by atoms with Gasteiger partial charge in [-0.15, -0.1) is 0 Å². The van der Waals surface area contributed by atoms with E-state index in [1.165, 1.54) is 0 Å². The molecule has 0 saturated heterocycles. The first kappa shape index (κ1) is 14.4. The zero-order chi connectivity index (χ0) is 15.4. The molecule has 1 aromatic carbocycles. The molecule has 0 saturated carbocycles. The minimum Gasteiger partial charge on any atom is -0.486 e. The number of amides is 1. The fourth-order valence-corrected chi connectivity index (χ4v) is 2.48. The Hall–Kier alpha value is -2.56. The molecular weight excluding hydrogens is 280 g/mol. The van der Waals surface area contributed by atoms with Crippen molar-refractivity contribution in [2.24, 2.45) is 0 Å². The second kappa shape index (κ2) is 6.47. The van der Waals surface area contributed by atoms with E-state index in [9.17, 15) is 4.79 Å². The summed E-state index contributed by atoms with van der Waals surface area (Å²) < 4.78 is 11.6. The van der Waals surface area contributed by atoms with Gasteiger partial charge in [-0.25, -0.2) is 0 Å². The van der Waals surface area contributed by atoms with Gasteiger partial charge in [0, 0.05) is 13.2 Å². The molecule has 3 rings (SSSR count). The molecule has 0 spiro atoms. The molecule has 5 heteroatoms. The Morgan fingerprint density at radius 1 is 1.27 bits per heavy atom. The first-order valence-electron chi connectivity index (χ1n) is 7.32. The van der Waals surface area contributed by atoms with Crippen molar-refractivity contribution in [2.45, 2.75) is 18.9 Å². The predicted molar refractivity (Wildman–Crippen MR) is 82.3 cm³/mol. The van der Waals surface area contributed by atoms with Crippen LogP contribution in [0.4, 0.5) is 0 Å². The number of carbonyl (C=O) groups excluding carboxylic acids is 1. The quantitative estimate of drug-likeness (QED) is 0.940. The number of fused-ring (bicyclic) bond motifs is 1. The number of aryl methyl sites for hydroxylation is 1. The molecule has 5 nitrogen and oxygen atoms in total. The van der Waals surface area contributed by atoms with Gasteiger partial charge in [0.05, 0.1) is 11.3 Å². The van der Waals surface area contributed by atoms with Crippen LogP contribution in [0.1, 0.15) is 22.5 Å². The van der Waals surface area contributed by atoms with E-state index in [-0.39, 0.29) is 12.0 Å². The molecular formula is C17H18N2O3. The number of rotatable bonds is 4. The Morgan fingerprint density at radius 2 is 2.09 bits per heavy atom. The lowest BCUT2D eigenvalue weighted by Crippen LogP contribution is -2.30. The minimum absolute atomic E-state index is 0.0329. The van der Waals surface area contributed by atoms with Gasteiger partial charge in [-0.3, -0.25) is 9.78 Å². The number of pyridine rings is 1. The summed E-state index contributed by atoms with van der Waals surface area (Å²) in [4.78, 5) is 16.2. The van der Waals surface area contributed by atoms with Gasteiger partial charge in [0.1, 0.15) is 12.7 Å². The zero-order valence-corrected chi connectivity index (χ0v) is 12.4. The number of para-hydroxylation sites is 2. The van der Waals surface area contributed by atoms with Crippen molar-refractivity contribution >= 4 is 5.91 Å². The fraction of sp³-hybridized carbons (Fsp3) is 0.294. The second-order valence-corrected chi connectivity index (χ2v) is 5.11. The van der Waals surface area contributed by atoms with Crippen molar-refractivity contribution in [3.63, 3.8) is 0 Å². The molecule has 1 atom stereocenters. The molecule has 22 heavy (non-hydrogen) atoms. The van der Waals surface area contributed by atoms with Gasteiger partial charge >= 0.3 is 0 Å². The number of nitrogens with zero attached hydrogens (tertiary/aromatic N) is 1. The van der Waals surface area contributed by atoms with Crippen LogP contribution in [0.15, 0.2) is 42.6 Å². The second-order valence-electron chi connectivity index (χ2n) is 5.11. The van der Waals surface area contributed by atoms with Gasteiger partial charge in [0.15, 0.2) is 11.5 Å². The van der Waals surface area contributed by atoms with E-state index in [1.807, 2.05) is 24.3 Å². The third kappa shape index (κ3) is 3.03. The van der Waals surface area contributed by atoms with Crippen LogP contribution in [0.25, 0.3) is 0 Å². The third-order valence-corrected chi connectivity index (χ3v) is 3.63. The minimum atomic E-state index is -0.116. The number of hydrogen-bond donors (Lipinski definition) is 1. The topological polar surface area (TPSA) is 60.5 Å². The first-order valence-corrected chi connectivity index (χ1v) is 7.32. The first-order chi connectivity index (χ1) is 10.8. The van der Waals surface area contributed by atoms with Crippen LogP contribution in [0, 0.1) is 0 Å². The molecule has 2 heterocycles. The maximum Gasteiger partial charge on any atom is 0.252 e. The number of nitrogens with one attached hydrogen (secondary N) is 1. The number of benzene rings is 1. The molecule has 1 aliphatic rings. The number of ether oxygens (including phenoxy) is 2. The van der Waals surface area contributed by atoms with Crippen LogP contribution in [-0.4, -0.2) is 30.6 Å². The summed E-state index contributed by atoms with van der Waals surface area (Å²) in [6, 6.07) is 11.2. The number of hydrogen-bond acceptors (Lipinski definition) is 4. The standard InChI is InChI=1S/C17H18N2O3/c1-18-17(20)13-5-4-10-19-14(13)9-8-12-11-21-15-6-2-3-7-16(15)22-12/h2-7,10,12H,8-9,11H2,1H3,(H,18,20)/t12-/m1/s1. The largest absolute Gasteiger partial charge is 0.486 e. The van der Waals surface area contributed by atoms with Crippen molar-refractivity contribution in [2.75, 3.05) is 13.7 Å². The smallest absolute Gasteiger partial charge is 0.252 e. The average Bonchev–Trinajstić information content (AvgIpc) is 2.59. The highest BCUT2D eigenvalue weighted by Gasteiger charge is 2.21. The van der Waals surface area contributed by atoms with E-state index in [1.54, 1.807) is 25.4 Å². The third-order valence-electron chi connectivity index (χ3n) is 3.63. The molecule has 114 valence electrons. The van der Waals surface area contributed by atoms with E-state index >= 15 is 0 Å². The van der Waals surface area contributed by atoms with Crippen molar-refractivity contribution in [3.8, 4) is 11.5 Å². The average molecular weight is 298 g/mol. The summed E-state index contributed by atoms with van der Waals surface area (Å²) in [5, 5.41) is 2.64. The molecule has 1 N–H and O–H groups in total. The lowest BCUT2D eigenvalue weighted by molar-refractivity contribution is 0.0846. The van der Waals surface area contributed by atoms with Gasteiger partial charge in [-0.1, -0.05) is 12.1 Å². The lowest BCUT2D eigenvalue weighted by Gasteiger charge is -2.26. The van der Waals surface area contributed by atoms with Crippen molar-refractivity contribution < 1.29 is 14.3 Å². The Balaban J connectivity index is 1.66. The molecule has 0 unspecified atom stereocenters. The van der Waals surface area contributed by atoms with Gasteiger partial charge in [-0.05, 0) is 37.1 Å². The van der Waals surface area contributed by atoms with E-state index in [0.717, 1.165) is 23.6 Å². The maximum atomic E-state index is 11.8. The van der Waals surface area contributed by atoms with Gasteiger partial charge in [0.2, 0.25) is 0 Å². The summed E-state index contributed by atoms with van der Waals surface area (Å²) in [5.74, 6) is 1.43. The van der Waals surface area contributed by atoms with E-state index in [4.69, 9.17) is 9.47 Å². The van der Waals surface area contributed by atoms with E-state index in [2.05, 4.69) is 10.3 Å². The monoisotopic (exact) mass is 298 g/mol. The highest BCUT2D eigenvalue weighted by atomic mass is 16.6. The summed E-state index contributed by atoms with van der Waals surface area (Å²) in [6.07, 6.45) is 3.08. The molecule has 0 radical (unpaired) electrons. The van der Waals surface area contributed by atoms with Crippen molar-refractivity contribution in [1.82, 2.24) is 10.3 Å². The molecule has 0 bridgehead atoms. The molecule has 1 aromatic heterocycles. The fourth-order valence-electron chi connectivity index (χ4n) is 2.48. The van der Waals surface area contributed by atoms with Gasteiger partial charge in [0.25, 0.3) is 5.91 Å².